The molecule has 2 saturated carbocycles. The van der Waals surface area contributed by atoms with E-state index in [0.29, 0.717) is 0 Å². The minimum atomic E-state index is 0.853. The molecule has 0 saturated heterocycles. The van der Waals surface area contributed by atoms with Gasteiger partial charge in [-0.15, -0.1) is 0 Å². The predicted molar refractivity (Wildman–Crippen MR) is 47.6 cm³/mol. The van der Waals surface area contributed by atoms with Crippen LogP contribution in [0.3, 0.4) is 0 Å². The first-order chi connectivity index (χ1) is 5.35. The Morgan fingerprint density at radius 1 is 1.18 bits per heavy atom. The molecule has 0 aromatic heterocycles. The zero-order chi connectivity index (χ0) is 7.73. The third kappa shape index (κ3) is 1.58. The fourth-order valence-corrected chi connectivity index (χ4v) is 2.40. The molecule has 1 spiro atoms. The molecule has 1 heteroatoms. The van der Waals surface area contributed by atoms with E-state index in [0.717, 1.165) is 18.0 Å². The van der Waals surface area contributed by atoms with Crippen LogP contribution in [0.2, 0.25) is 0 Å². The molecule has 11 heavy (non-hydrogen) atoms. The molecule has 0 heterocycles. The van der Waals surface area contributed by atoms with E-state index in [1.807, 2.05) is 0 Å². The normalized spacial score (nSPS) is 29.2. The van der Waals surface area contributed by atoms with Crippen LogP contribution in [-0.4, -0.2) is 12.6 Å². The molecule has 0 unspecified atom stereocenters. The summed E-state index contributed by atoms with van der Waals surface area (Å²) in [6.07, 6.45) is 8.95. The van der Waals surface area contributed by atoms with Gasteiger partial charge in [0.15, 0.2) is 0 Å². The Balaban J connectivity index is 1.75. The highest BCUT2D eigenvalue weighted by Crippen LogP contribution is 2.55. The summed E-state index contributed by atoms with van der Waals surface area (Å²) in [6.45, 7) is 3.36. The van der Waals surface area contributed by atoms with Gasteiger partial charge in [0, 0.05) is 6.04 Å². The van der Waals surface area contributed by atoms with E-state index in [1.54, 1.807) is 0 Å². The second kappa shape index (κ2) is 2.78. The van der Waals surface area contributed by atoms with E-state index in [9.17, 15) is 0 Å². The third-order valence-electron chi connectivity index (χ3n) is 3.50. The van der Waals surface area contributed by atoms with Crippen molar-refractivity contribution in [1.82, 2.24) is 5.32 Å². The smallest absolute Gasteiger partial charge is 0.00673 e. The fraction of sp³-hybridized carbons (Fsp3) is 1.00. The van der Waals surface area contributed by atoms with E-state index >= 15 is 0 Å². The Morgan fingerprint density at radius 3 is 2.27 bits per heavy atom. The van der Waals surface area contributed by atoms with Gasteiger partial charge in [0.1, 0.15) is 0 Å². The van der Waals surface area contributed by atoms with Crippen molar-refractivity contribution in [3.63, 3.8) is 0 Å². The summed E-state index contributed by atoms with van der Waals surface area (Å²) in [7, 11) is 0. The lowest BCUT2D eigenvalue weighted by molar-refractivity contribution is 0.277. The maximum absolute atomic E-state index is 3.55. The highest BCUT2D eigenvalue weighted by atomic mass is 14.9. The van der Waals surface area contributed by atoms with Gasteiger partial charge in [0.25, 0.3) is 0 Å². The minimum absolute atomic E-state index is 0.853. The molecule has 2 aliphatic carbocycles. The van der Waals surface area contributed by atoms with Gasteiger partial charge < -0.3 is 5.32 Å². The second-order valence-electron chi connectivity index (χ2n) is 4.33. The highest BCUT2D eigenvalue weighted by molar-refractivity contribution is 4.97. The van der Waals surface area contributed by atoms with Crippen LogP contribution in [-0.2, 0) is 0 Å². The SMILES string of the molecule is CCNC1CCC2(CC1)CC2. The van der Waals surface area contributed by atoms with Gasteiger partial charge in [0.2, 0.25) is 0 Å². The van der Waals surface area contributed by atoms with Gasteiger partial charge in [-0.3, -0.25) is 0 Å². The summed E-state index contributed by atoms with van der Waals surface area (Å²) in [5, 5.41) is 3.55. The summed E-state index contributed by atoms with van der Waals surface area (Å²) < 4.78 is 0. The van der Waals surface area contributed by atoms with E-state index in [4.69, 9.17) is 0 Å². The van der Waals surface area contributed by atoms with Crippen molar-refractivity contribution in [1.29, 1.82) is 0 Å². The first-order valence-corrected chi connectivity index (χ1v) is 5.08. The van der Waals surface area contributed by atoms with E-state index in [1.165, 1.54) is 38.5 Å². The molecule has 1 nitrogen and oxygen atoms in total. The van der Waals surface area contributed by atoms with Crippen LogP contribution in [0.4, 0.5) is 0 Å². The summed E-state index contributed by atoms with van der Waals surface area (Å²) in [4.78, 5) is 0. The van der Waals surface area contributed by atoms with Crippen molar-refractivity contribution >= 4 is 0 Å². The first kappa shape index (κ1) is 7.60. The Hall–Kier alpha value is -0.0400. The van der Waals surface area contributed by atoms with Gasteiger partial charge in [-0.1, -0.05) is 6.92 Å². The van der Waals surface area contributed by atoms with Gasteiger partial charge in [-0.05, 0) is 50.5 Å². The van der Waals surface area contributed by atoms with E-state index in [-0.39, 0.29) is 0 Å². The lowest BCUT2D eigenvalue weighted by atomic mass is 9.83. The molecule has 2 fully saturated rings. The van der Waals surface area contributed by atoms with Crippen molar-refractivity contribution in [2.45, 2.75) is 51.5 Å². The van der Waals surface area contributed by atoms with Crippen LogP contribution in [0.25, 0.3) is 0 Å². The largest absolute Gasteiger partial charge is 0.314 e. The number of nitrogens with one attached hydrogen (secondary N) is 1. The summed E-state index contributed by atoms with van der Waals surface area (Å²) >= 11 is 0. The number of hydrogen-bond acceptors (Lipinski definition) is 1. The van der Waals surface area contributed by atoms with Crippen molar-refractivity contribution in [3.8, 4) is 0 Å². The van der Waals surface area contributed by atoms with Gasteiger partial charge in [-0.25, -0.2) is 0 Å². The topological polar surface area (TPSA) is 12.0 Å². The predicted octanol–water partition coefficient (Wildman–Crippen LogP) is 2.32. The average Bonchev–Trinajstić information content (AvgIpc) is 2.76. The average molecular weight is 153 g/mol. The molecular weight excluding hydrogens is 134 g/mol. The molecule has 64 valence electrons. The molecule has 0 aromatic rings. The standard InChI is InChI=1S/C10H19N/c1-2-11-9-3-5-10(6-4-9)7-8-10/h9,11H,2-8H2,1H3. The molecule has 0 atom stereocenters. The van der Waals surface area contributed by atoms with Crippen LogP contribution in [0.15, 0.2) is 0 Å². The molecule has 0 aliphatic heterocycles. The summed E-state index contributed by atoms with van der Waals surface area (Å²) in [5.41, 5.74) is 0.867. The van der Waals surface area contributed by atoms with Gasteiger partial charge in [0.05, 0.1) is 0 Å². The molecule has 2 aliphatic rings. The molecule has 0 radical (unpaired) electrons. The van der Waals surface area contributed by atoms with Crippen molar-refractivity contribution in [2.75, 3.05) is 6.54 Å². The zero-order valence-electron chi connectivity index (χ0n) is 7.53. The Kier molecular flexibility index (Phi) is 1.92. The molecule has 2 rings (SSSR count). The van der Waals surface area contributed by atoms with Crippen LogP contribution < -0.4 is 5.32 Å². The van der Waals surface area contributed by atoms with E-state index in [2.05, 4.69) is 12.2 Å². The summed E-state index contributed by atoms with van der Waals surface area (Å²) in [5.74, 6) is 0. The van der Waals surface area contributed by atoms with E-state index < -0.39 is 0 Å². The molecular formula is C10H19N. The van der Waals surface area contributed by atoms with Crippen molar-refractivity contribution in [2.24, 2.45) is 5.41 Å². The zero-order valence-corrected chi connectivity index (χ0v) is 7.53. The van der Waals surface area contributed by atoms with Gasteiger partial charge in [-0.2, -0.15) is 0 Å². The lowest BCUT2D eigenvalue weighted by Gasteiger charge is -2.28. The summed E-state index contributed by atoms with van der Waals surface area (Å²) in [6, 6.07) is 0.853. The Bertz CT molecular complexity index is 128. The van der Waals surface area contributed by atoms with Crippen molar-refractivity contribution < 1.29 is 0 Å². The molecule has 0 amide bonds. The Labute approximate surface area is 69.6 Å². The molecule has 1 N–H and O–H groups in total. The third-order valence-corrected chi connectivity index (χ3v) is 3.50. The maximum atomic E-state index is 3.55. The van der Waals surface area contributed by atoms with Crippen LogP contribution in [0, 0.1) is 5.41 Å². The quantitative estimate of drug-likeness (QED) is 0.642. The molecule has 0 aromatic carbocycles. The number of hydrogen-bond donors (Lipinski definition) is 1. The lowest BCUT2D eigenvalue weighted by Crippen LogP contribution is -2.33. The highest BCUT2D eigenvalue weighted by Gasteiger charge is 2.44. The fourth-order valence-electron chi connectivity index (χ4n) is 2.40. The van der Waals surface area contributed by atoms with Crippen LogP contribution >= 0.6 is 0 Å². The minimum Gasteiger partial charge on any atom is -0.314 e. The maximum Gasteiger partial charge on any atom is 0.00673 e. The van der Waals surface area contributed by atoms with Gasteiger partial charge >= 0.3 is 0 Å². The Morgan fingerprint density at radius 2 is 1.82 bits per heavy atom. The van der Waals surface area contributed by atoms with Crippen LogP contribution in [0.5, 0.6) is 0 Å². The monoisotopic (exact) mass is 153 g/mol. The second-order valence-corrected chi connectivity index (χ2v) is 4.33. The first-order valence-electron chi connectivity index (χ1n) is 5.08. The number of rotatable bonds is 2. The molecule has 0 bridgehead atoms. The van der Waals surface area contributed by atoms with Crippen molar-refractivity contribution in [3.05, 3.63) is 0 Å². The van der Waals surface area contributed by atoms with Crippen LogP contribution in [0.1, 0.15) is 45.4 Å².